The molecule has 7 nitrogen and oxygen atoms in total. The highest BCUT2D eigenvalue weighted by Gasteiger charge is 2.20. The minimum atomic E-state index is -0.433. The number of nitrogens with two attached hydrogens (primary N) is 1. The summed E-state index contributed by atoms with van der Waals surface area (Å²) in [6.45, 7) is 9.18. The summed E-state index contributed by atoms with van der Waals surface area (Å²) in [6.07, 6.45) is 0.756. The minimum Gasteiger partial charge on any atom is -0.383 e. The van der Waals surface area contributed by atoms with Crippen molar-refractivity contribution >= 4 is 11.5 Å². The fraction of sp³-hybridized carbons (Fsp3) is 0.714. The molecular formula is C14H26N4O3. The Hall–Kier alpha value is -1.76. The van der Waals surface area contributed by atoms with E-state index in [4.69, 9.17) is 10.5 Å². The van der Waals surface area contributed by atoms with Gasteiger partial charge in [-0.3, -0.25) is 13.9 Å². The molecule has 0 aromatic carbocycles. The summed E-state index contributed by atoms with van der Waals surface area (Å²) in [4.78, 5) is 24.3. The van der Waals surface area contributed by atoms with E-state index in [0.29, 0.717) is 19.7 Å². The lowest BCUT2D eigenvalue weighted by Crippen LogP contribution is -2.42. The average Bonchev–Trinajstić information content (AvgIpc) is 2.41. The zero-order chi connectivity index (χ0) is 16.2. The number of aromatic nitrogens is 2. The summed E-state index contributed by atoms with van der Waals surface area (Å²) in [7, 11) is 1.45. The summed E-state index contributed by atoms with van der Waals surface area (Å²) in [5, 5.41) is 3.03. The first kappa shape index (κ1) is 17.3. The normalized spacial score (nSPS) is 11.7. The lowest BCUT2D eigenvalue weighted by molar-refractivity contribution is 0.000680. The zero-order valence-corrected chi connectivity index (χ0v) is 13.5. The van der Waals surface area contributed by atoms with Crippen molar-refractivity contribution in [3.05, 3.63) is 20.8 Å². The predicted octanol–water partition coefficient (Wildman–Crippen LogP) is 0.766. The third-order valence-corrected chi connectivity index (χ3v) is 3.26. The molecule has 0 aliphatic heterocycles. The quantitative estimate of drug-likeness (QED) is 0.775. The van der Waals surface area contributed by atoms with Crippen LogP contribution in [0.4, 0.5) is 11.5 Å². The van der Waals surface area contributed by atoms with E-state index in [1.807, 2.05) is 27.7 Å². The Morgan fingerprint density at radius 3 is 2.43 bits per heavy atom. The van der Waals surface area contributed by atoms with Crippen LogP contribution in [-0.2, 0) is 18.3 Å². The Balaban J connectivity index is 3.19. The Labute approximate surface area is 124 Å². The van der Waals surface area contributed by atoms with Gasteiger partial charge in [0.25, 0.3) is 5.56 Å². The van der Waals surface area contributed by atoms with Crippen LogP contribution in [0.1, 0.15) is 34.1 Å². The first-order valence-corrected chi connectivity index (χ1v) is 7.22. The molecule has 120 valence electrons. The number of nitrogens with zero attached hydrogens (tertiary/aromatic N) is 2. The molecule has 1 heterocycles. The van der Waals surface area contributed by atoms with E-state index in [2.05, 4.69) is 5.32 Å². The molecular weight excluding hydrogens is 272 g/mol. The van der Waals surface area contributed by atoms with Crippen LogP contribution >= 0.6 is 0 Å². The van der Waals surface area contributed by atoms with Crippen LogP contribution < -0.4 is 22.3 Å². The molecule has 0 atom stereocenters. The van der Waals surface area contributed by atoms with Gasteiger partial charge < -0.3 is 15.8 Å². The predicted molar refractivity (Wildman–Crippen MR) is 84.8 cm³/mol. The summed E-state index contributed by atoms with van der Waals surface area (Å²) in [5.74, 6) is 0.178. The van der Waals surface area contributed by atoms with Gasteiger partial charge in [-0.1, -0.05) is 6.92 Å². The topological polar surface area (TPSA) is 91.3 Å². The highest BCUT2D eigenvalue weighted by atomic mass is 16.5. The van der Waals surface area contributed by atoms with E-state index in [1.54, 1.807) is 0 Å². The molecule has 0 radical (unpaired) electrons. The highest BCUT2D eigenvalue weighted by Crippen LogP contribution is 2.15. The maximum Gasteiger partial charge on any atom is 0.332 e. The molecule has 3 N–H and O–H groups in total. The zero-order valence-electron chi connectivity index (χ0n) is 13.5. The van der Waals surface area contributed by atoms with Crippen molar-refractivity contribution in [2.45, 2.75) is 46.3 Å². The maximum atomic E-state index is 12.2. The molecule has 1 rings (SSSR count). The van der Waals surface area contributed by atoms with E-state index in [1.165, 1.54) is 11.6 Å². The van der Waals surface area contributed by atoms with Crippen LogP contribution in [0.5, 0.6) is 0 Å². The number of hydrogen-bond acceptors (Lipinski definition) is 5. The van der Waals surface area contributed by atoms with Crippen molar-refractivity contribution in [1.29, 1.82) is 0 Å². The monoisotopic (exact) mass is 298 g/mol. The van der Waals surface area contributed by atoms with E-state index < -0.39 is 16.9 Å². The van der Waals surface area contributed by atoms with Crippen molar-refractivity contribution < 1.29 is 4.74 Å². The molecule has 0 fully saturated rings. The van der Waals surface area contributed by atoms with Gasteiger partial charge in [-0.05, 0) is 27.2 Å². The number of anilines is 2. The standard InChI is InChI=1S/C14H26N4O3/c1-6-8-18-11(15)10(12(19)17(5)13(18)20)16-9-14(3,4)21-7-2/h16H,6-9,15H2,1-5H3. The van der Waals surface area contributed by atoms with Crippen molar-refractivity contribution in [2.24, 2.45) is 7.05 Å². The van der Waals surface area contributed by atoms with Gasteiger partial charge in [0.2, 0.25) is 0 Å². The molecule has 1 aromatic rings. The van der Waals surface area contributed by atoms with Crippen LogP contribution in [-0.4, -0.2) is 27.9 Å². The van der Waals surface area contributed by atoms with Crippen LogP contribution in [0.2, 0.25) is 0 Å². The van der Waals surface area contributed by atoms with Crippen molar-refractivity contribution in [1.82, 2.24) is 9.13 Å². The smallest absolute Gasteiger partial charge is 0.332 e. The van der Waals surface area contributed by atoms with E-state index in [-0.39, 0.29) is 11.5 Å². The second-order valence-corrected chi connectivity index (χ2v) is 5.60. The molecule has 0 aliphatic carbocycles. The van der Waals surface area contributed by atoms with E-state index in [9.17, 15) is 9.59 Å². The maximum absolute atomic E-state index is 12.2. The average molecular weight is 298 g/mol. The number of nitrogen functional groups attached to an aromatic ring is 1. The number of rotatable bonds is 7. The Morgan fingerprint density at radius 2 is 1.90 bits per heavy atom. The molecule has 7 heteroatoms. The minimum absolute atomic E-state index is 0.178. The van der Waals surface area contributed by atoms with E-state index >= 15 is 0 Å². The summed E-state index contributed by atoms with van der Waals surface area (Å²) in [6, 6.07) is 0. The summed E-state index contributed by atoms with van der Waals surface area (Å²) in [5.41, 5.74) is 4.99. The van der Waals surface area contributed by atoms with Crippen molar-refractivity contribution in [2.75, 3.05) is 24.2 Å². The Morgan fingerprint density at radius 1 is 1.29 bits per heavy atom. The molecule has 0 saturated carbocycles. The van der Waals surface area contributed by atoms with Gasteiger partial charge in [0.1, 0.15) is 11.5 Å². The largest absolute Gasteiger partial charge is 0.383 e. The molecule has 0 spiro atoms. The molecule has 0 unspecified atom stereocenters. The highest BCUT2D eigenvalue weighted by molar-refractivity contribution is 5.60. The van der Waals surface area contributed by atoms with Gasteiger partial charge in [-0.15, -0.1) is 0 Å². The fourth-order valence-corrected chi connectivity index (χ4v) is 2.13. The second kappa shape index (κ2) is 6.80. The molecule has 0 aliphatic rings. The molecule has 0 bridgehead atoms. The Bertz CT molecular complexity index is 601. The lowest BCUT2D eigenvalue weighted by atomic mass is 10.1. The van der Waals surface area contributed by atoms with Crippen molar-refractivity contribution in [3.8, 4) is 0 Å². The first-order chi connectivity index (χ1) is 9.75. The Kier molecular flexibility index (Phi) is 5.60. The third kappa shape index (κ3) is 3.87. The summed E-state index contributed by atoms with van der Waals surface area (Å²) < 4.78 is 8.07. The van der Waals surface area contributed by atoms with Gasteiger partial charge in [0, 0.05) is 26.7 Å². The molecule has 1 aromatic heterocycles. The molecule has 0 amide bonds. The first-order valence-electron chi connectivity index (χ1n) is 7.22. The second-order valence-electron chi connectivity index (χ2n) is 5.60. The fourth-order valence-electron chi connectivity index (χ4n) is 2.13. The SMILES string of the molecule is CCCn1c(N)c(NCC(C)(C)OCC)c(=O)n(C)c1=O. The van der Waals surface area contributed by atoms with Crippen molar-refractivity contribution in [3.63, 3.8) is 0 Å². The van der Waals surface area contributed by atoms with Crippen LogP contribution in [0.25, 0.3) is 0 Å². The van der Waals surface area contributed by atoms with Crippen LogP contribution in [0.3, 0.4) is 0 Å². The molecule has 21 heavy (non-hydrogen) atoms. The van der Waals surface area contributed by atoms with Gasteiger partial charge in [0.15, 0.2) is 0 Å². The lowest BCUT2D eigenvalue weighted by Gasteiger charge is -2.26. The number of nitrogens with one attached hydrogen (secondary N) is 1. The van der Waals surface area contributed by atoms with Crippen LogP contribution in [0, 0.1) is 0 Å². The molecule has 0 saturated heterocycles. The summed E-state index contributed by atoms with van der Waals surface area (Å²) >= 11 is 0. The van der Waals surface area contributed by atoms with Gasteiger partial charge in [0.05, 0.1) is 5.60 Å². The van der Waals surface area contributed by atoms with Crippen LogP contribution in [0.15, 0.2) is 9.59 Å². The van der Waals surface area contributed by atoms with E-state index in [0.717, 1.165) is 11.0 Å². The van der Waals surface area contributed by atoms with Gasteiger partial charge >= 0.3 is 5.69 Å². The van der Waals surface area contributed by atoms with Gasteiger partial charge in [-0.25, -0.2) is 4.79 Å². The number of ether oxygens (including phenoxy) is 1. The van der Waals surface area contributed by atoms with Gasteiger partial charge in [-0.2, -0.15) is 0 Å². The third-order valence-electron chi connectivity index (χ3n) is 3.26. The number of hydrogen-bond donors (Lipinski definition) is 2.